The molecule has 2 unspecified atom stereocenters. The zero-order valence-electron chi connectivity index (χ0n) is 12.7. The smallest absolute Gasteiger partial charge is 0.121 e. The van der Waals surface area contributed by atoms with Gasteiger partial charge in [-0.2, -0.15) is 0 Å². The number of hydrogen-bond donors (Lipinski definition) is 2. The van der Waals surface area contributed by atoms with Gasteiger partial charge in [0.05, 0.1) is 6.61 Å². The fraction of sp³-hybridized carbons (Fsp3) is 0.647. The maximum absolute atomic E-state index is 10.4. The molecule has 2 atom stereocenters. The molecule has 0 bridgehead atoms. The fourth-order valence-corrected chi connectivity index (χ4v) is 2.27. The zero-order chi connectivity index (χ0) is 14.4. The van der Waals surface area contributed by atoms with Crippen LogP contribution in [0.25, 0.3) is 0 Å². The molecule has 0 saturated heterocycles. The van der Waals surface area contributed by atoms with Crippen LogP contribution < -0.4 is 0 Å². The molecule has 2 nitrogen and oxygen atoms in total. The number of rotatable bonds is 7. The first kappa shape index (κ1) is 16.0. The molecular formula is C17H28O2. The Morgan fingerprint density at radius 3 is 1.68 bits per heavy atom. The van der Waals surface area contributed by atoms with Crippen LogP contribution in [0.2, 0.25) is 0 Å². The molecule has 108 valence electrons. The maximum atomic E-state index is 10.4. The Kier molecular flexibility index (Phi) is 6.36. The van der Waals surface area contributed by atoms with E-state index in [1.807, 2.05) is 12.1 Å². The second-order valence-corrected chi connectivity index (χ2v) is 5.86. The lowest BCUT2D eigenvalue weighted by atomic mass is 9.91. The predicted octanol–water partition coefficient (Wildman–Crippen LogP) is 4.06. The van der Waals surface area contributed by atoms with Gasteiger partial charge in [0.2, 0.25) is 0 Å². The molecule has 0 aromatic heterocycles. The molecule has 19 heavy (non-hydrogen) atoms. The molecule has 1 aromatic rings. The molecule has 2 heteroatoms. The van der Waals surface area contributed by atoms with Crippen molar-refractivity contribution in [3.8, 4) is 5.75 Å². The minimum absolute atomic E-state index is 0.0429. The Balaban J connectivity index is 3.05. The molecule has 1 aromatic carbocycles. The average molecular weight is 264 g/mol. The van der Waals surface area contributed by atoms with Gasteiger partial charge in [0.15, 0.2) is 0 Å². The lowest BCUT2D eigenvalue weighted by Gasteiger charge is -2.17. The maximum Gasteiger partial charge on any atom is 0.121 e. The largest absolute Gasteiger partial charge is 0.507 e. The van der Waals surface area contributed by atoms with Gasteiger partial charge >= 0.3 is 0 Å². The quantitative estimate of drug-likeness (QED) is 0.779. The summed E-state index contributed by atoms with van der Waals surface area (Å²) in [6.45, 7) is 8.76. The summed E-state index contributed by atoms with van der Waals surface area (Å²) in [5, 5.41) is 19.8. The van der Waals surface area contributed by atoms with Crippen molar-refractivity contribution >= 4 is 0 Å². The third-order valence-electron chi connectivity index (χ3n) is 4.04. The lowest BCUT2D eigenvalue weighted by molar-refractivity contribution is 0.281. The van der Waals surface area contributed by atoms with Crippen molar-refractivity contribution in [2.45, 2.75) is 60.0 Å². The number of aliphatic hydroxyl groups is 1. The van der Waals surface area contributed by atoms with Crippen LogP contribution in [-0.2, 0) is 19.4 Å². The van der Waals surface area contributed by atoms with Gasteiger partial charge in [-0.05, 0) is 53.5 Å². The number of phenols is 1. The summed E-state index contributed by atoms with van der Waals surface area (Å²) in [4.78, 5) is 0. The van der Waals surface area contributed by atoms with E-state index in [1.165, 1.54) is 0 Å². The molecule has 2 N–H and O–H groups in total. The Morgan fingerprint density at radius 1 is 0.947 bits per heavy atom. The summed E-state index contributed by atoms with van der Waals surface area (Å²) in [7, 11) is 0. The Bertz CT molecular complexity index is 365. The van der Waals surface area contributed by atoms with Crippen molar-refractivity contribution in [3.05, 3.63) is 28.8 Å². The van der Waals surface area contributed by atoms with Crippen molar-refractivity contribution in [1.29, 1.82) is 0 Å². The van der Waals surface area contributed by atoms with Gasteiger partial charge in [-0.25, -0.2) is 0 Å². The van der Waals surface area contributed by atoms with Crippen molar-refractivity contribution in [2.75, 3.05) is 0 Å². The number of aliphatic hydroxyl groups excluding tert-OH is 1. The summed E-state index contributed by atoms with van der Waals surface area (Å²) in [5.41, 5.74) is 2.88. The summed E-state index contributed by atoms with van der Waals surface area (Å²) in [5.74, 6) is 1.55. The standard InChI is InChI=1S/C17H28O2/c1-5-12(3)7-15-9-14(11-18)10-16(17(15)19)8-13(4)6-2/h9-10,12-13,18-19H,5-8,11H2,1-4H3. The van der Waals surface area contributed by atoms with Crippen LogP contribution in [0, 0.1) is 11.8 Å². The van der Waals surface area contributed by atoms with Gasteiger partial charge in [0.1, 0.15) is 5.75 Å². The highest BCUT2D eigenvalue weighted by atomic mass is 16.3. The van der Waals surface area contributed by atoms with Gasteiger partial charge in [0.25, 0.3) is 0 Å². The van der Waals surface area contributed by atoms with E-state index in [0.29, 0.717) is 17.6 Å². The third-order valence-corrected chi connectivity index (χ3v) is 4.04. The van der Waals surface area contributed by atoms with E-state index >= 15 is 0 Å². The van der Waals surface area contributed by atoms with Crippen molar-refractivity contribution in [3.63, 3.8) is 0 Å². The summed E-state index contributed by atoms with van der Waals surface area (Å²) in [6, 6.07) is 3.89. The molecule has 0 radical (unpaired) electrons. The zero-order valence-corrected chi connectivity index (χ0v) is 12.7. The normalized spacial score (nSPS) is 14.4. The highest BCUT2D eigenvalue weighted by molar-refractivity contribution is 5.44. The minimum atomic E-state index is 0.0429. The molecule has 0 amide bonds. The van der Waals surface area contributed by atoms with Gasteiger partial charge < -0.3 is 10.2 Å². The molecule has 0 fully saturated rings. The monoisotopic (exact) mass is 264 g/mol. The predicted molar refractivity (Wildman–Crippen MR) is 80.3 cm³/mol. The van der Waals surface area contributed by atoms with Crippen LogP contribution in [0.1, 0.15) is 57.2 Å². The second kappa shape index (κ2) is 7.54. The van der Waals surface area contributed by atoms with E-state index < -0.39 is 0 Å². The first-order valence-electron chi connectivity index (χ1n) is 7.46. The van der Waals surface area contributed by atoms with Gasteiger partial charge in [-0.3, -0.25) is 0 Å². The van der Waals surface area contributed by atoms with Crippen molar-refractivity contribution < 1.29 is 10.2 Å². The number of aromatic hydroxyl groups is 1. The van der Waals surface area contributed by atoms with Crippen LogP contribution in [0.5, 0.6) is 5.75 Å². The highest BCUT2D eigenvalue weighted by Gasteiger charge is 2.14. The van der Waals surface area contributed by atoms with Crippen LogP contribution in [0.3, 0.4) is 0 Å². The Morgan fingerprint density at radius 2 is 1.37 bits per heavy atom. The highest BCUT2D eigenvalue weighted by Crippen LogP contribution is 2.30. The molecule has 0 heterocycles. The van der Waals surface area contributed by atoms with Crippen LogP contribution in [0.15, 0.2) is 12.1 Å². The van der Waals surface area contributed by atoms with E-state index in [1.54, 1.807) is 0 Å². The SMILES string of the molecule is CCC(C)Cc1cc(CO)cc(CC(C)CC)c1O. The molecule has 0 saturated carbocycles. The van der Waals surface area contributed by atoms with E-state index in [0.717, 1.165) is 42.4 Å². The fourth-order valence-electron chi connectivity index (χ4n) is 2.27. The van der Waals surface area contributed by atoms with E-state index in [9.17, 15) is 10.2 Å². The molecule has 0 spiro atoms. The van der Waals surface area contributed by atoms with E-state index in [-0.39, 0.29) is 6.61 Å². The Hall–Kier alpha value is -1.02. The molecule has 0 aliphatic heterocycles. The summed E-state index contributed by atoms with van der Waals surface area (Å²) < 4.78 is 0. The van der Waals surface area contributed by atoms with Crippen molar-refractivity contribution in [2.24, 2.45) is 11.8 Å². The third kappa shape index (κ3) is 4.54. The molecule has 0 aliphatic rings. The van der Waals surface area contributed by atoms with Gasteiger partial charge in [-0.15, -0.1) is 0 Å². The van der Waals surface area contributed by atoms with Gasteiger partial charge in [-0.1, -0.05) is 40.5 Å². The van der Waals surface area contributed by atoms with E-state index in [2.05, 4.69) is 27.7 Å². The summed E-state index contributed by atoms with van der Waals surface area (Å²) in [6.07, 6.45) is 3.96. The van der Waals surface area contributed by atoms with Crippen LogP contribution >= 0.6 is 0 Å². The first-order chi connectivity index (χ1) is 9.01. The van der Waals surface area contributed by atoms with Crippen LogP contribution in [-0.4, -0.2) is 10.2 Å². The second-order valence-electron chi connectivity index (χ2n) is 5.86. The minimum Gasteiger partial charge on any atom is -0.507 e. The first-order valence-corrected chi connectivity index (χ1v) is 7.46. The van der Waals surface area contributed by atoms with E-state index in [4.69, 9.17) is 0 Å². The van der Waals surface area contributed by atoms with Crippen LogP contribution in [0.4, 0.5) is 0 Å². The van der Waals surface area contributed by atoms with Gasteiger partial charge in [0, 0.05) is 0 Å². The topological polar surface area (TPSA) is 40.5 Å². The molecular weight excluding hydrogens is 236 g/mol. The average Bonchev–Trinajstić information content (AvgIpc) is 2.42. The number of hydrogen-bond acceptors (Lipinski definition) is 2. The molecule has 1 rings (SSSR count). The van der Waals surface area contributed by atoms with Crippen molar-refractivity contribution in [1.82, 2.24) is 0 Å². The number of phenolic OH excluding ortho intramolecular Hbond substituents is 1. The molecule has 0 aliphatic carbocycles. The Labute approximate surface area is 117 Å². The number of benzene rings is 1. The lowest BCUT2D eigenvalue weighted by Crippen LogP contribution is -2.04. The summed E-state index contributed by atoms with van der Waals surface area (Å²) >= 11 is 0.